The molecule has 0 spiro atoms. The first-order valence-corrected chi connectivity index (χ1v) is 7.62. The lowest BCUT2D eigenvalue weighted by Gasteiger charge is -2.20. The Morgan fingerprint density at radius 1 is 1.32 bits per heavy atom. The molecule has 0 unspecified atom stereocenters. The summed E-state index contributed by atoms with van der Waals surface area (Å²) in [4.78, 5) is 13.2. The summed E-state index contributed by atoms with van der Waals surface area (Å²) in [5.41, 5.74) is 0.535. The van der Waals surface area contributed by atoms with Crippen LogP contribution in [0, 0.1) is 6.92 Å². The van der Waals surface area contributed by atoms with E-state index in [0.717, 1.165) is 0 Å². The second kappa shape index (κ2) is 5.30. The average molecular weight is 286 g/mol. The van der Waals surface area contributed by atoms with Crippen molar-refractivity contribution in [3.05, 3.63) is 11.9 Å². The molecule has 1 saturated heterocycles. The highest BCUT2D eigenvalue weighted by atomic mass is 32.2. The Balaban J connectivity index is 2.19. The van der Waals surface area contributed by atoms with Gasteiger partial charge in [0.1, 0.15) is 4.90 Å². The number of nitrogens with one attached hydrogen (secondary N) is 1. The van der Waals surface area contributed by atoms with Gasteiger partial charge < -0.3 is 4.90 Å². The van der Waals surface area contributed by atoms with Crippen LogP contribution in [-0.4, -0.2) is 59.9 Å². The number of aromatic amines is 1. The number of carbonyl (C=O) groups excluding carboxylic acids is 1. The fraction of sp³-hybridized carbons (Fsp3) is 0.636. The maximum atomic E-state index is 12.5. The normalized spacial score (nSPS) is 18.3. The molecule has 0 aromatic carbocycles. The van der Waals surface area contributed by atoms with Crippen LogP contribution in [0.25, 0.3) is 0 Å². The van der Waals surface area contributed by atoms with Gasteiger partial charge in [-0.05, 0) is 13.3 Å². The first kappa shape index (κ1) is 14.0. The minimum absolute atomic E-state index is 0.0151. The van der Waals surface area contributed by atoms with Crippen molar-refractivity contribution in [3.63, 3.8) is 0 Å². The average Bonchev–Trinajstić information content (AvgIpc) is 2.64. The molecular weight excluding hydrogens is 268 g/mol. The van der Waals surface area contributed by atoms with Gasteiger partial charge >= 0.3 is 0 Å². The molecule has 1 fully saturated rings. The molecule has 106 valence electrons. The van der Waals surface area contributed by atoms with Crippen molar-refractivity contribution in [1.29, 1.82) is 0 Å². The number of nitrogens with zero attached hydrogens (tertiary/aromatic N) is 3. The molecule has 0 bridgehead atoms. The molecule has 1 aromatic heterocycles. The second-order valence-corrected chi connectivity index (χ2v) is 6.53. The van der Waals surface area contributed by atoms with Gasteiger partial charge in [0.2, 0.25) is 15.9 Å². The summed E-state index contributed by atoms with van der Waals surface area (Å²) in [6.07, 6.45) is 1.98. The van der Waals surface area contributed by atoms with E-state index in [9.17, 15) is 13.2 Å². The van der Waals surface area contributed by atoms with Crippen molar-refractivity contribution >= 4 is 15.9 Å². The Morgan fingerprint density at radius 3 is 2.63 bits per heavy atom. The predicted octanol–water partition coefficient (Wildman–Crippen LogP) is -0.0390. The Labute approximate surface area is 112 Å². The summed E-state index contributed by atoms with van der Waals surface area (Å²) in [5.74, 6) is -0.0151. The fourth-order valence-corrected chi connectivity index (χ4v) is 3.78. The number of carbonyl (C=O) groups is 1. The predicted molar refractivity (Wildman–Crippen MR) is 69.0 cm³/mol. The molecule has 0 saturated carbocycles. The third kappa shape index (κ3) is 2.79. The number of amides is 1. The Morgan fingerprint density at radius 2 is 2.05 bits per heavy atom. The minimum atomic E-state index is -3.52. The van der Waals surface area contributed by atoms with E-state index in [1.165, 1.54) is 17.4 Å². The topological polar surface area (TPSA) is 86.4 Å². The number of rotatable bonds is 2. The highest BCUT2D eigenvalue weighted by molar-refractivity contribution is 7.89. The van der Waals surface area contributed by atoms with E-state index in [-0.39, 0.29) is 10.8 Å². The van der Waals surface area contributed by atoms with Gasteiger partial charge in [-0.3, -0.25) is 9.89 Å². The summed E-state index contributed by atoms with van der Waals surface area (Å²) in [6, 6.07) is 0. The summed E-state index contributed by atoms with van der Waals surface area (Å²) in [6.45, 7) is 4.98. The number of hydrogen-bond acceptors (Lipinski definition) is 4. The van der Waals surface area contributed by atoms with Crippen molar-refractivity contribution in [1.82, 2.24) is 19.4 Å². The minimum Gasteiger partial charge on any atom is -0.342 e. The highest BCUT2D eigenvalue weighted by Gasteiger charge is 2.29. The van der Waals surface area contributed by atoms with Gasteiger partial charge in [-0.2, -0.15) is 9.40 Å². The van der Waals surface area contributed by atoms with E-state index in [4.69, 9.17) is 0 Å². The van der Waals surface area contributed by atoms with E-state index in [2.05, 4.69) is 10.2 Å². The maximum absolute atomic E-state index is 12.5. The molecule has 1 aromatic rings. The van der Waals surface area contributed by atoms with Crippen LogP contribution in [0.3, 0.4) is 0 Å². The molecule has 19 heavy (non-hydrogen) atoms. The number of aryl methyl sites for hydroxylation is 1. The van der Waals surface area contributed by atoms with Crippen LogP contribution in [0.4, 0.5) is 0 Å². The number of aromatic nitrogens is 2. The van der Waals surface area contributed by atoms with Gasteiger partial charge in [0, 0.05) is 33.1 Å². The van der Waals surface area contributed by atoms with Gasteiger partial charge in [-0.1, -0.05) is 0 Å². The molecule has 0 aliphatic carbocycles. The Kier molecular flexibility index (Phi) is 3.91. The van der Waals surface area contributed by atoms with Crippen molar-refractivity contribution < 1.29 is 13.2 Å². The Hall–Kier alpha value is -1.41. The van der Waals surface area contributed by atoms with Crippen molar-refractivity contribution in [2.45, 2.75) is 25.2 Å². The van der Waals surface area contributed by atoms with E-state index in [1.807, 2.05) is 0 Å². The summed E-state index contributed by atoms with van der Waals surface area (Å²) >= 11 is 0. The van der Waals surface area contributed by atoms with Crippen LogP contribution in [0.5, 0.6) is 0 Å². The van der Waals surface area contributed by atoms with Gasteiger partial charge in [-0.15, -0.1) is 0 Å². The summed E-state index contributed by atoms with van der Waals surface area (Å²) in [7, 11) is -3.52. The Bertz CT molecular complexity index is 566. The van der Waals surface area contributed by atoms with E-state index < -0.39 is 10.0 Å². The molecule has 0 radical (unpaired) electrons. The van der Waals surface area contributed by atoms with Gasteiger partial charge in [0.25, 0.3) is 0 Å². The lowest BCUT2D eigenvalue weighted by Crippen LogP contribution is -2.36. The van der Waals surface area contributed by atoms with Crippen LogP contribution in [0.1, 0.15) is 19.0 Å². The van der Waals surface area contributed by atoms with Gasteiger partial charge in [-0.25, -0.2) is 8.42 Å². The van der Waals surface area contributed by atoms with Crippen LogP contribution < -0.4 is 0 Å². The monoisotopic (exact) mass is 286 g/mol. The molecule has 0 atom stereocenters. The number of sulfonamides is 1. The molecule has 7 nitrogen and oxygen atoms in total. The third-order valence-electron chi connectivity index (χ3n) is 3.30. The molecule has 1 amide bonds. The zero-order valence-corrected chi connectivity index (χ0v) is 11.9. The van der Waals surface area contributed by atoms with Crippen molar-refractivity contribution in [3.8, 4) is 0 Å². The molecule has 2 heterocycles. The van der Waals surface area contributed by atoms with E-state index >= 15 is 0 Å². The molecule has 1 N–H and O–H groups in total. The summed E-state index contributed by atoms with van der Waals surface area (Å²) in [5, 5.41) is 6.39. The first-order valence-electron chi connectivity index (χ1n) is 6.18. The quantitative estimate of drug-likeness (QED) is 0.826. The van der Waals surface area contributed by atoms with E-state index in [0.29, 0.717) is 38.3 Å². The third-order valence-corrected chi connectivity index (χ3v) is 5.31. The van der Waals surface area contributed by atoms with Crippen LogP contribution >= 0.6 is 0 Å². The molecule has 8 heteroatoms. The highest BCUT2D eigenvalue weighted by Crippen LogP contribution is 2.19. The van der Waals surface area contributed by atoms with Crippen LogP contribution in [0.2, 0.25) is 0 Å². The maximum Gasteiger partial charge on any atom is 0.246 e. The van der Waals surface area contributed by atoms with Gasteiger partial charge in [0.05, 0.1) is 11.9 Å². The largest absolute Gasteiger partial charge is 0.342 e. The fourth-order valence-electron chi connectivity index (χ4n) is 2.19. The molecule has 2 rings (SSSR count). The lowest BCUT2D eigenvalue weighted by molar-refractivity contribution is -0.128. The molecule has 1 aliphatic heterocycles. The van der Waals surface area contributed by atoms with E-state index in [1.54, 1.807) is 11.8 Å². The second-order valence-electron chi connectivity index (χ2n) is 4.62. The molecular formula is C11H18N4O3S. The zero-order valence-electron chi connectivity index (χ0n) is 11.1. The lowest BCUT2D eigenvalue weighted by atomic mass is 10.4. The number of hydrogen-bond donors (Lipinski definition) is 1. The molecule has 1 aliphatic rings. The van der Waals surface area contributed by atoms with Crippen LogP contribution in [0.15, 0.2) is 11.1 Å². The van der Waals surface area contributed by atoms with Gasteiger partial charge in [0.15, 0.2) is 0 Å². The smallest absolute Gasteiger partial charge is 0.246 e. The first-order chi connectivity index (χ1) is 8.93. The summed E-state index contributed by atoms with van der Waals surface area (Å²) < 4.78 is 26.3. The zero-order chi connectivity index (χ0) is 14.0. The van der Waals surface area contributed by atoms with Crippen LogP contribution in [-0.2, 0) is 14.8 Å². The standard InChI is InChI=1S/C11H18N4O3S/c1-9-11(8-12-13-9)19(17,18)15-5-3-4-14(6-7-15)10(2)16/h8H,3-7H2,1-2H3,(H,12,13). The SMILES string of the molecule is CC(=O)N1CCCN(S(=O)(=O)c2cn[nH]c2C)CC1. The number of H-pyrrole nitrogens is 1. The van der Waals surface area contributed by atoms with Crippen molar-refractivity contribution in [2.24, 2.45) is 0 Å². The van der Waals surface area contributed by atoms with Crippen molar-refractivity contribution in [2.75, 3.05) is 26.2 Å².